The number of hydrogen-bond donors (Lipinski definition) is 0. The average molecular weight is 344 g/mol. The molecule has 0 saturated carbocycles. The molecule has 1 aliphatic heterocycles. The first-order valence-corrected chi connectivity index (χ1v) is 8.50. The topological polar surface area (TPSA) is 76.4 Å². The van der Waals surface area contributed by atoms with E-state index in [1.165, 1.54) is 0 Å². The van der Waals surface area contributed by atoms with Crippen molar-refractivity contribution in [2.75, 3.05) is 39.9 Å². The van der Waals surface area contributed by atoms with E-state index in [-0.39, 0.29) is 5.91 Å². The Kier molecular flexibility index (Phi) is 5.72. The Balaban J connectivity index is 1.54. The summed E-state index contributed by atoms with van der Waals surface area (Å²) in [6.07, 6.45) is 1.96. The molecule has 1 unspecified atom stereocenters. The largest absolute Gasteiger partial charge is 0.383 e. The van der Waals surface area contributed by atoms with Crippen LogP contribution in [0.2, 0.25) is 0 Å². The number of amides is 1. The minimum atomic E-state index is 0.174. The molecule has 2 heterocycles. The molecule has 8 nitrogen and oxygen atoms in total. The molecule has 1 atom stereocenters. The molecule has 0 aliphatic carbocycles. The molecule has 1 aromatic heterocycles. The van der Waals surface area contributed by atoms with Gasteiger partial charge in [0.05, 0.1) is 18.7 Å². The highest BCUT2D eigenvalue weighted by molar-refractivity contribution is 5.79. The number of methoxy groups -OCH3 is 1. The van der Waals surface area contributed by atoms with Crippen LogP contribution in [0.1, 0.15) is 12.5 Å². The summed E-state index contributed by atoms with van der Waals surface area (Å²) in [5.41, 5.74) is 1.87. The van der Waals surface area contributed by atoms with E-state index in [1.807, 2.05) is 29.2 Å². The number of tetrazole rings is 1. The number of aromatic nitrogens is 4. The highest BCUT2D eigenvalue weighted by Gasteiger charge is 2.26. The Morgan fingerprint density at radius 1 is 1.28 bits per heavy atom. The summed E-state index contributed by atoms with van der Waals surface area (Å²) in [6.45, 7) is 6.25. The lowest BCUT2D eigenvalue weighted by atomic mass is 10.1. The molecule has 1 amide bonds. The lowest BCUT2D eigenvalue weighted by Gasteiger charge is -2.39. The monoisotopic (exact) mass is 344 g/mol. The van der Waals surface area contributed by atoms with Crippen LogP contribution in [0.25, 0.3) is 5.69 Å². The van der Waals surface area contributed by atoms with Crippen LogP contribution in [0, 0.1) is 0 Å². The lowest BCUT2D eigenvalue weighted by Crippen LogP contribution is -2.54. The molecule has 25 heavy (non-hydrogen) atoms. The standard InChI is InChI=1S/C17H24N6O2/c1-14-12-22(8-7-21(14)9-10-25-2)17(24)11-15-3-5-16(6-4-15)23-13-18-19-20-23/h3-6,13-14H,7-12H2,1-2H3. The van der Waals surface area contributed by atoms with Gasteiger partial charge in [-0.2, -0.15) is 0 Å². The van der Waals surface area contributed by atoms with Crippen molar-refractivity contribution in [1.29, 1.82) is 0 Å². The van der Waals surface area contributed by atoms with Crippen LogP contribution in [-0.4, -0.2) is 81.9 Å². The fourth-order valence-electron chi connectivity index (χ4n) is 3.10. The van der Waals surface area contributed by atoms with Gasteiger partial charge >= 0.3 is 0 Å². The summed E-state index contributed by atoms with van der Waals surface area (Å²) in [7, 11) is 1.72. The quantitative estimate of drug-likeness (QED) is 0.754. The molecule has 1 fully saturated rings. The van der Waals surface area contributed by atoms with Crippen LogP contribution in [0.15, 0.2) is 30.6 Å². The maximum Gasteiger partial charge on any atom is 0.227 e. The van der Waals surface area contributed by atoms with Crippen LogP contribution < -0.4 is 0 Å². The van der Waals surface area contributed by atoms with Gasteiger partial charge in [-0.3, -0.25) is 9.69 Å². The number of carbonyl (C=O) groups excluding carboxylic acids is 1. The third-order valence-corrected chi connectivity index (χ3v) is 4.61. The van der Waals surface area contributed by atoms with Crippen LogP contribution in [0.3, 0.4) is 0 Å². The Bertz CT molecular complexity index is 673. The molecule has 1 aliphatic rings. The average Bonchev–Trinajstić information content (AvgIpc) is 3.16. The second kappa shape index (κ2) is 8.17. The molecular weight excluding hydrogens is 320 g/mol. The summed E-state index contributed by atoms with van der Waals surface area (Å²) in [5.74, 6) is 0.174. The number of hydrogen-bond acceptors (Lipinski definition) is 6. The van der Waals surface area contributed by atoms with Gasteiger partial charge in [-0.25, -0.2) is 4.68 Å². The van der Waals surface area contributed by atoms with Crippen molar-refractivity contribution in [3.05, 3.63) is 36.2 Å². The van der Waals surface area contributed by atoms with Gasteiger partial charge in [0.15, 0.2) is 0 Å². The molecule has 0 N–H and O–H groups in total. The first kappa shape index (κ1) is 17.5. The van der Waals surface area contributed by atoms with Gasteiger partial charge in [-0.1, -0.05) is 12.1 Å². The zero-order valence-electron chi connectivity index (χ0n) is 14.7. The van der Waals surface area contributed by atoms with Crippen molar-refractivity contribution in [3.8, 4) is 5.69 Å². The van der Waals surface area contributed by atoms with Gasteiger partial charge in [-0.15, -0.1) is 5.10 Å². The Morgan fingerprint density at radius 3 is 2.72 bits per heavy atom. The maximum atomic E-state index is 12.6. The number of nitrogens with zero attached hydrogens (tertiary/aromatic N) is 6. The number of carbonyl (C=O) groups is 1. The SMILES string of the molecule is COCCN1CCN(C(=O)Cc2ccc(-n3cnnn3)cc2)CC1C. The molecule has 1 saturated heterocycles. The smallest absolute Gasteiger partial charge is 0.227 e. The minimum absolute atomic E-state index is 0.174. The Morgan fingerprint density at radius 2 is 2.08 bits per heavy atom. The highest BCUT2D eigenvalue weighted by atomic mass is 16.5. The second-order valence-corrected chi connectivity index (χ2v) is 6.32. The van der Waals surface area contributed by atoms with E-state index >= 15 is 0 Å². The van der Waals surface area contributed by atoms with Gasteiger partial charge < -0.3 is 9.64 Å². The van der Waals surface area contributed by atoms with Crippen molar-refractivity contribution < 1.29 is 9.53 Å². The predicted molar refractivity (Wildman–Crippen MR) is 92.3 cm³/mol. The van der Waals surface area contributed by atoms with Crippen LogP contribution >= 0.6 is 0 Å². The van der Waals surface area contributed by atoms with E-state index in [2.05, 4.69) is 27.3 Å². The summed E-state index contributed by atoms with van der Waals surface area (Å²) >= 11 is 0. The Hall–Kier alpha value is -2.32. The van der Waals surface area contributed by atoms with Crippen LogP contribution in [0.4, 0.5) is 0 Å². The fourth-order valence-corrected chi connectivity index (χ4v) is 3.10. The van der Waals surface area contributed by atoms with Gasteiger partial charge in [0, 0.05) is 39.3 Å². The molecule has 0 radical (unpaired) electrons. The summed E-state index contributed by atoms with van der Waals surface area (Å²) < 4.78 is 6.74. The molecule has 1 aromatic carbocycles. The molecule has 3 rings (SSSR count). The number of piperazine rings is 1. The van der Waals surface area contributed by atoms with E-state index < -0.39 is 0 Å². The van der Waals surface area contributed by atoms with Crippen molar-refractivity contribution in [2.24, 2.45) is 0 Å². The number of rotatable bonds is 6. The van der Waals surface area contributed by atoms with Crippen LogP contribution in [-0.2, 0) is 16.0 Å². The summed E-state index contributed by atoms with van der Waals surface area (Å²) in [6, 6.07) is 8.10. The maximum absolute atomic E-state index is 12.6. The molecule has 2 aromatic rings. The lowest BCUT2D eigenvalue weighted by molar-refractivity contribution is -0.133. The third-order valence-electron chi connectivity index (χ3n) is 4.61. The predicted octanol–water partition coefficient (Wildman–Crippen LogP) is 0.384. The number of benzene rings is 1. The van der Waals surface area contributed by atoms with Gasteiger partial charge in [0.25, 0.3) is 0 Å². The van der Waals surface area contributed by atoms with Crippen molar-refractivity contribution in [2.45, 2.75) is 19.4 Å². The van der Waals surface area contributed by atoms with E-state index in [1.54, 1.807) is 18.1 Å². The molecule has 8 heteroatoms. The van der Waals surface area contributed by atoms with Crippen molar-refractivity contribution in [1.82, 2.24) is 30.0 Å². The highest BCUT2D eigenvalue weighted by Crippen LogP contribution is 2.13. The number of ether oxygens (including phenoxy) is 1. The van der Waals surface area contributed by atoms with Gasteiger partial charge in [0.2, 0.25) is 5.91 Å². The fraction of sp³-hybridized carbons (Fsp3) is 0.529. The first-order valence-electron chi connectivity index (χ1n) is 8.50. The zero-order valence-corrected chi connectivity index (χ0v) is 14.7. The summed E-state index contributed by atoms with van der Waals surface area (Å²) in [4.78, 5) is 16.9. The summed E-state index contributed by atoms with van der Waals surface area (Å²) in [5, 5.41) is 11.1. The molecule has 134 valence electrons. The van der Waals surface area contributed by atoms with E-state index in [9.17, 15) is 4.79 Å². The van der Waals surface area contributed by atoms with E-state index in [4.69, 9.17) is 4.74 Å². The third kappa shape index (κ3) is 4.40. The van der Waals surface area contributed by atoms with E-state index in [0.717, 1.165) is 44.0 Å². The Labute approximate surface area is 147 Å². The van der Waals surface area contributed by atoms with E-state index in [0.29, 0.717) is 12.5 Å². The minimum Gasteiger partial charge on any atom is -0.383 e. The van der Waals surface area contributed by atoms with Gasteiger partial charge in [0.1, 0.15) is 6.33 Å². The van der Waals surface area contributed by atoms with Gasteiger partial charge in [-0.05, 0) is 35.0 Å². The van der Waals surface area contributed by atoms with Crippen molar-refractivity contribution in [3.63, 3.8) is 0 Å². The normalized spacial score (nSPS) is 18.5. The van der Waals surface area contributed by atoms with Crippen LogP contribution in [0.5, 0.6) is 0 Å². The molecule has 0 bridgehead atoms. The second-order valence-electron chi connectivity index (χ2n) is 6.32. The molecule has 0 spiro atoms. The zero-order chi connectivity index (χ0) is 17.6. The first-order chi connectivity index (χ1) is 12.2. The van der Waals surface area contributed by atoms with Crippen molar-refractivity contribution >= 4 is 5.91 Å². The molecular formula is C17H24N6O2.